The minimum absolute atomic E-state index is 0.105. The van der Waals surface area contributed by atoms with Gasteiger partial charge in [0.1, 0.15) is 6.04 Å². The summed E-state index contributed by atoms with van der Waals surface area (Å²) in [5, 5.41) is 15.1. The highest BCUT2D eigenvalue weighted by molar-refractivity contribution is 5.90. The van der Waals surface area contributed by atoms with Gasteiger partial charge in [-0.3, -0.25) is 14.4 Å². The predicted molar refractivity (Wildman–Crippen MR) is 151 cm³/mol. The Bertz CT molecular complexity index is 826. The van der Waals surface area contributed by atoms with Crippen LogP contribution in [0.4, 0.5) is 0 Å². The Hall–Kier alpha value is -2.42. The lowest BCUT2D eigenvalue weighted by atomic mass is 9.68. The zero-order chi connectivity index (χ0) is 28.7. The van der Waals surface area contributed by atoms with Crippen molar-refractivity contribution in [3.8, 4) is 0 Å². The minimum atomic E-state index is -1.29. The first-order chi connectivity index (χ1) is 18.7. The molecule has 1 saturated heterocycles. The van der Waals surface area contributed by atoms with E-state index in [9.17, 15) is 24.3 Å². The fourth-order valence-corrected chi connectivity index (χ4v) is 6.20. The van der Waals surface area contributed by atoms with Crippen LogP contribution in [0.15, 0.2) is 12.2 Å². The lowest BCUT2D eigenvalue weighted by Gasteiger charge is -2.37. The van der Waals surface area contributed by atoms with Crippen LogP contribution in [0.1, 0.15) is 97.8 Å². The van der Waals surface area contributed by atoms with Gasteiger partial charge in [0.2, 0.25) is 11.8 Å². The van der Waals surface area contributed by atoms with Crippen molar-refractivity contribution < 1.29 is 29.0 Å². The molecule has 1 aliphatic carbocycles. The zero-order valence-corrected chi connectivity index (χ0v) is 24.3. The maximum Gasteiger partial charge on any atom is 0.329 e. The van der Waals surface area contributed by atoms with Gasteiger partial charge in [0.15, 0.2) is 0 Å². The molecule has 9 nitrogen and oxygen atoms in total. The van der Waals surface area contributed by atoms with Crippen molar-refractivity contribution >= 4 is 23.8 Å². The van der Waals surface area contributed by atoms with E-state index in [1.54, 1.807) is 6.92 Å². The van der Waals surface area contributed by atoms with Crippen LogP contribution in [-0.4, -0.2) is 72.6 Å². The highest BCUT2D eigenvalue weighted by Gasteiger charge is 2.32. The number of nitrogens with one attached hydrogen (secondary N) is 2. The van der Waals surface area contributed by atoms with Gasteiger partial charge in [-0.1, -0.05) is 32.4 Å². The molecule has 1 heterocycles. The molecule has 0 bridgehead atoms. The SMILES string of the molecule is CCCC1(CCCOC(=O)C(CC(=O)O)NC(=O)CN(CC)C(=O)CCCC2CCNCC2)CC=C[C@@H](C)C1. The molecular weight excluding hydrogens is 498 g/mol. The lowest BCUT2D eigenvalue weighted by molar-refractivity contribution is -0.152. The van der Waals surface area contributed by atoms with E-state index in [4.69, 9.17) is 4.74 Å². The molecule has 0 spiro atoms. The molecule has 0 saturated carbocycles. The summed E-state index contributed by atoms with van der Waals surface area (Å²) < 4.78 is 5.42. The second kappa shape index (κ2) is 17.3. The van der Waals surface area contributed by atoms with Crippen molar-refractivity contribution in [2.75, 3.05) is 32.8 Å². The molecule has 0 aromatic carbocycles. The zero-order valence-electron chi connectivity index (χ0n) is 24.3. The monoisotopic (exact) mass is 549 g/mol. The number of rotatable bonds is 17. The number of esters is 1. The van der Waals surface area contributed by atoms with E-state index in [1.165, 1.54) is 4.90 Å². The minimum Gasteiger partial charge on any atom is -0.481 e. The molecule has 0 aromatic rings. The molecule has 2 aliphatic rings. The van der Waals surface area contributed by atoms with E-state index >= 15 is 0 Å². The number of amides is 2. The first-order valence-electron chi connectivity index (χ1n) is 15.0. The van der Waals surface area contributed by atoms with Crippen molar-refractivity contribution in [2.24, 2.45) is 17.3 Å². The first kappa shape index (κ1) is 32.8. The average molecular weight is 550 g/mol. The highest BCUT2D eigenvalue weighted by Crippen LogP contribution is 2.43. The Morgan fingerprint density at radius 1 is 1.15 bits per heavy atom. The van der Waals surface area contributed by atoms with Crippen LogP contribution in [0, 0.1) is 17.3 Å². The molecule has 3 atom stereocenters. The van der Waals surface area contributed by atoms with E-state index in [0.717, 1.165) is 70.9 Å². The van der Waals surface area contributed by atoms with Gasteiger partial charge in [-0.15, -0.1) is 0 Å². The number of ether oxygens (including phenoxy) is 1. The molecule has 39 heavy (non-hydrogen) atoms. The van der Waals surface area contributed by atoms with Gasteiger partial charge in [-0.25, -0.2) is 4.79 Å². The number of hydrogen-bond acceptors (Lipinski definition) is 6. The van der Waals surface area contributed by atoms with Gasteiger partial charge in [0, 0.05) is 13.0 Å². The van der Waals surface area contributed by atoms with Gasteiger partial charge in [-0.05, 0) is 95.1 Å². The molecule has 2 unspecified atom stereocenters. The molecule has 2 amide bonds. The Balaban J connectivity index is 1.80. The predicted octanol–water partition coefficient (Wildman–Crippen LogP) is 4.06. The van der Waals surface area contributed by atoms with Crippen LogP contribution < -0.4 is 10.6 Å². The molecule has 2 rings (SSSR count). The number of hydrogen-bond donors (Lipinski definition) is 3. The highest BCUT2D eigenvalue weighted by atomic mass is 16.5. The second-order valence-electron chi connectivity index (χ2n) is 11.5. The summed E-state index contributed by atoms with van der Waals surface area (Å²) in [6, 6.07) is -1.29. The molecule has 9 heteroatoms. The summed E-state index contributed by atoms with van der Waals surface area (Å²) in [6.45, 7) is 8.60. The van der Waals surface area contributed by atoms with Crippen LogP contribution in [0.5, 0.6) is 0 Å². The van der Waals surface area contributed by atoms with Gasteiger partial charge in [0.05, 0.1) is 19.6 Å². The number of piperidine rings is 1. The van der Waals surface area contributed by atoms with E-state index in [-0.39, 0.29) is 24.5 Å². The number of carbonyl (C=O) groups excluding carboxylic acids is 3. The van der Waals surface area contributed by atoms with Gasteiger partial charge in [-0.2, -0.15) is 0 Å². The van der Waals surface area contributed by atoms with Crippen molar-refractivity contribution in [3.63, 3.8) is 0 Å². The van der Waals surface area contributed by atoms with Crippen LogP contribution in [-0.2, 0) is 23.9 Å². The molecule has 0 aromatic heterocycles. The fourth-order valence-electron chi connectivity index (χ4n) is 6.20. The van der Waals surface area contributed by atoms with Crippen molar-refractivity contribution in [3.05, 3.63) is 12.2 Å². The summed E-state index contributed by atoms with van der Waals surface area (Å²) in [6.07, 6.45) is 14.4. The first-order valence-corrected chi connectivity index (χ1v) is 15.0. The molecule has 1 fully saturated rings. The number of carbonyl (C=O) groups is 4. The smallest absolute Gasteiger partial charge is 0.329 e. The van der Waals surface area contributed by atoms with Gasteiger partial charge < -0.3 is 25.4 Å². The second-order valence-corrected chi connectivity index (χ2v) is 11.5. The number of allylic oxidation sites excluding steroid dienone is 2. The Morgan fingerprint density at radius 3 is 2.54 bits per heavy atom. The third kappa shape index (κ3) is 12.1. The number of likely N-dealkylation sites (N-methyl/N-ethyl adjacent to an activating group) is 1. The van der Waals surface area contributed by atoms with E-state index in [2.05, 4.69) is 36.6 Å². The Kier molecular flexibility index (Phi) is 14.6. The average Bonchev–Trinajstić information content (AvgIpc) is 2.89. The topological polar surface area (TPSA) is 125 Å². The summed E-state index contributed by atoms with van der Waals surface area (Å²) in [4.78, 5) is 50.9. The maximum atomic E-state index is 12.7. The van der Waals surface area contributed by atoms with Crippen molar-refractivity contribution in [1.29, 1.82) is 0 Å². The summed E-state index contributed by atoms with van der Waals surface area (Å²) in [5.74, 6) is -1.44. The van der Waals surface area contributed by atoms with Crippen molar-refractivity contribution in [2.45, 2.75) is 104 Å². The molecule has 222 valence electrons. The van der Waals surface area contributed by atoms with Gasteiger partial charge >= 0.3 is 11.9 Å². The largest absolute Gasteiger partial charge is 0.481 e. The number of carboxylic acid groups (broad SMARTS) is 1. The standard InChI is InChI=1S/C30H51N3O6/c1-4-14-30(15-7-9-23(3)21-30)16-8-19-39-29(38)25(20-28(36)37)32-26(34)22-33(5-2)27(35)11-6-10-24-12-17-31-18-13-24/h7,9,23-25,31H,4-6,8,10-22H2,1-3H3,(H,32,34)(H,36,37)/t23-,25?,30?/m1/s1. The maximum absolute atomic E-state index is 12.7. The normalized spacial score (nSPS) is 22.2. The molecular formula is C30H51N3O6. The third-order valence-corrected chi connectivity index (χ3v) is 8.18. The summed E-state index contributed by atoms with van der Waals surface area (Å²) >= 11 is 0. The Morgan fingerprint density at radius 2 is 1.90 bits per heavy atom. The lowest BCUT2D eigenvalue weighted by Crippen LogP contribution is -2.48. The van der Waals surface area contributed by atoms with Gasteiger partial charge in [0.25, 0.3) is 0 Å². The van der Waals surface area contributed by atoms with Crippen LogP contribution >= 0.6 is 0 Å². The Labute approximate surface area is 234 Å². The van der Waals surface area contributed by atoms with Crippen molar-refractivity contribution in [1.82, 2.24) is 15.5 Å². The van der Waals surface area contributed by atoms with E-state index in [1.807, 2.05) is 0 Å². The van der Waals surface area contributed by atoms with Crippen LogP contribution in [0.3, 0.4) is 0 Å². The van der Waals surface area contributed by atoms with Crippen LogP contribution in [0.25, 0.3) is 0 Å². The molecule has 0 radical (unpaired) electrons. The molecule has 1 aliphatic heterocycles. The summed E-state index contributed by atoms with van der Waals surface area (Å²) in [5.41, 5.74) is 0.216. The number of carboxylic acids is 1. The number of aliphatic carboxylic acids is 1. The van der Waals surface area contributed by atoms with E-state index < -0.39 is 30.3 Å². The quantitative estimate of drug-likeness (QED) is 0.142. The molecule has 3 N–H and O–H groups in total. The summed E-state index contributed by atoms with van der Waals surface area (Å²) in [7, 11) is 0. The third-order valence-electron chi connectivity index (χ3n) is 8.18. The fraction of sp³-hybridized carbons (Fsp3) is 0.800. The number of nitrogens with zero attached hydrogens (tertiary/aromatic N) is 1. The van der Waals surface area contributed by atoms with E-state index in [0.29, 0.717) is 31.2 Å². The van der Waals surface area contributed by atoms with Crippen LogP contribution in [0.2, 0.25) is 0 Å².